The van der Waals surface area contributed by atoms with E-state index in [-0.39, 0.29) is 12.4 Å². The number of benzene rings is 2. The van der Waals surface area contributed by atoms with Crippen LogP contribution in [0, 0.1) is 5.82 Å². The smallest absolute Gasteiger partial charge is 0.338 e. The molecule has 0 unspecified atom stereocenters. The van der Waals surface area contributed by atoms with Crippen molar-refractivity contribution >= 4 is 12.0 Å². The summed E-state index contributed by atoms with van der Waals surface area (Å²) in [6.45, 7) is 0.186. The van der Waals surface area contributed by atoms with E-state index < -0.39 is 5.97 Å². The summed E-state index contributed by atoms with van der Waals surface area (Å²) < 4.78 is 17.7. The number of carbonyl (C=O) groups is 1. The number of halogens is 1. The summed E-state index contributed by atoms with van der Waals surface area (Å²) in [5.74, 6) is -0.835. The molecule has 0 aliphatic carbocycles. The average Bonchev–Trinajstić information content (AvgIpc) is 2.45. The van der Waals surface area contributed by atoms with Gasteiger partial charge in [-0.3, -0.25) is 0 Å². The lowest BCUT2D eigenvalue weighted by molar-refractivity contribution is 0.0550. The van der Waals surface area contributed by atoms with Crippen LogP contribution < -0.4 is 0 Å². The van der Waals surface area contributed by atoms with Crippen LogP contribution in [0.3, 0.4) is 0 Å². The molecule has 2 rings (SSSR count). The zero-order valence-corrected chi connectivity index (χ0v) is 10.3. The second kappa shape index (κ2) is 6.50. The predicted octanol–water partition coefficient (Wildman–Crippen LogP) is 3.70. The molecule has 0 saturated carbocycles. The zero-order valence-electron chi connectivity index (χ0n) is 10.3. The number of esters is 1. The molecule has 0 aliphatic rings. The Morgan fingerprint density at radius 2 is 1.74 bits per heavy atom. The average molecular weight is 256 g/mol. The van der Waals surface area contributed by atoms with Crippen molar-refractivity contribution in [1.82, 2.24) is 0 Å². The molecule has 0 bridgehead atoms. The minimum Gasteiger partial charge on any atom is -0.458 e. The van der Waals surface area contributed by atoms with Crippen LogP contribution in [0.4, 0.5) is 4.39 Å². The van der Waals surface area contributed by atoms with Crippen LogP contribution >= 0.6 is 0 Å². The fourth-order valence-electron chi connectivity index (χ4n) is 1.54. The second-order valence-electron chi connectivity index (χ2n) is 3.92. The molecule has 0 saturated heterocycles. The first kappa shape index (κ1) is 13.0. The first-order valence-electron chi connectivity index (χ1n) is 5.90. The molecule has 0 aromatic heterocycles. The Balaban J connectivity index is 1.84. The van der Waals surface area contributed by atoms with Crippen molar-refractivity contribution in [3.8, 4) is 0 Å². The van der Waals surface area contributed by atoms with Gasteiger partial charge in [0.25, 0.3) is 0 Å². The van der Waals surface area contributed by atoms with Crippen LogP contribution in [0.5, 0.6) is 0 Å². The Bertz CT molecular complexity index is 559. The topological polar surface area (TPSA) is 26.3 Å². The Morgan fingerprint density at radius 3 is 2.42 bits per heavy atom. The Labute approximate surface area is 111 Å². The van der Waals surface area contributed by atoms with E-state index in [9.17, 15) is 9.18 Å². The summed E-state index contributed by atoms with van der Waals surface area (Å²) in [7, 11) is 0. The van der Waals surface area contributed by atoms with Gasteiger partial charge >= 0.3 is 5.97 Å². The third-order valence-corrected chi connectivity index (χ3v) is 2.50. The van der Waals surface area contributed by atoms with E-state index in [1.165, 1.54) is 24.3 Å². The van der Waals surface area contributed by atoms with Gasteiger partial charge in [-0.15, -0.1) is 0 Å². The Kier molecular flexibility index (Phi) is 4.45. The van der Waals surface area contributed by atoms with Crippen molar-refractivity contribution < 1.29 is 13.9 Å². The molecular formula is C16H13FO2. The summed E-state index contributed by atoms with van der Waals surface area (Å²) in [5, 5.41) is 0. The fourth-order valence-corrected chi connectivity index (χ4v) is 1.54. The number of rotatable bonds is 4. The van der Waals surface area contributed by atoms with Crippen LogP contribution in [0.2, 0.25) is 0 Å². The van der Waals surface area contributed by atoms with Crippen molar-refractivity contribution in [2.75, 3.05) is 6.61 Å². The van der Waals surface area contributed by atoms with Crippen molar-refractivity contribution in [1.29, 1.82) is 0 Å². The van der Waals surface area contributed by atoms with Crippen LogP contribution in [0.15, 0.2) is 60.7 Å². The van der Waals surface area contributed by atoms with Crippen molar-refractivity contribution in [2.24, 2.45) is 0 Å². The maximum Gasteiger partial charge on any atom is 0.338 e. The number of ether oxygens (including phenoxy) is 1. The highest BCUT2D eigenvalue weighted by molar-refractivity contribution is 5.89. The molecule has 0 heterocycles. The van der Waals surface area contributed by atoms with Crippen LogP contribution in [-0.2, 0) is 4.74 Å². The summed E-state index contributed by atoms with van der Waals surface area (Å²) >= 11 is 0. The van der Waals surface area contributed by atoms with Gasteiger partial charge in [0.15, 0.2) is 0 Å². The highest BCUT2D eigenvalue weighted by Gasteiger charge is 2.05. The molecule has 0 atom stereocenters. The van der Waals surface area contributed by atoms with E-state index in [1.54, 1.807) is 6.08 Å². The van der Waals surface area contributed by atoms with Crippen LogP contribution in [-0.4, -0.2) is 12.6 Å². The van der Waals surface area contributed by atoms with E-state index in [4.69, 9.17) is 4.74 Å². The Hall–Kier alpha value is -2.42. The fraction of sp³-hybridized carbons (Fsp3) is 0.0625. The molecule has 0 spiro atoms. The molecule has 0 aliphatic heterocycles. The Morgan fingerprint density at radius 1 is 1.05 bits per heavy atom. The van der Waals surface area contributed by atoms with Crippen LogP contribution in [0.25, 0.3) is 6.08 Å². The van der Waals surface area contributed by atoms with Gasteiger partial charge in [0.1, 0.15) is 12.4 Å². The summed E-state index contributed by atoms with van der Waals surface area (Å²) in [4.78, 5) is 11.6. The third-order valence-electron chi connectivity index (χ3n) is 2.50. The van der Waals surface area contributed by atoms with Crippen LogP contribution in [0.1, 0.15) is 15.9 Å². The lowest BCUT2D eigenvalue weighted by Gasteiger charge is -2.01. The minimum absolute atomic E-state index is 0.186. The maximum absolute atomic E-state index is 12.7. The summed E-state index contributed by atoms with van der Waals surface area (Å²) in [6, 6.07) is 15.0. The highest BCUT2D eigenvalue weighted by Crippen LogP contribution is 2.05. The monoisotopic (exact) mass is 256 g/mol. The van der Waals surface area contributed by atoms with Gasteiger partial charge < -0.3 is 4.74 Å². The molecule has 2 aromatic rings. The number of hydrogen-bond acceptors (Lipinski definition) is 2. The zero-order chi connectivity index (χ0) is 13.5. The van der Waals surface area contributed by atoms with Gasteiger partial charge in [-0.2, -0.15) is 0 Å². The molecule has 2 aromatic carbocycles. The third kappa shape index (κ3) is 4.07. The first-order valence-corrected chi connectivity index (χ1v) is 5.90. The molecule has 0 amide bonds. The normalized spacial score (nSPS) is 10.6. The van der Waals surface area contributed by atoms with E-state index in [0.29, 0.717) is 5.56 Å². The van der Waals surface area contributed by atoms with Gasteiger partial charge in [-0.05, 0) is 35.9 Å². The predicted molar refractivity (Wildman–Crippen MR) is 72.2 cm³/mol. The van der Waals surface area contributed by atoms with Gasteiger partial charge in [-0.1, -0.05) is 36.4 Å². The lowest BCUT2D eigenvalue weighted by Crippen LogP contribution is -2.04. The second-order valence-corrected chi connectivity index (χ2v) is 3.92. The number of hydrogen-bond donors (Lipinski definition) is 0. The molecule has 2 nitrogen and oxygen atoms in total. The van der Waals surface area contributed by atoms with Crippen molar-refractivity contribution in [2.45, 2.75) is 0 Å². The van der Waals surface area contributed by atoms with Crippen molar-refractivity contribution in [3.63, 3.8) is 0 Å². The quantitative estimate of drug-likeness (QED) is 0.780. The summed E-state index contributed by atoms with van der Waals surface area (Å²) in [5.41, 5.74) is 1.38. The lowest BCUT2D eigenvalue weighted by atomic mass is 10.2. The van der Waals surface area contributed by atoms with Crippen molar-refractivity contribution in [3.05, 3.63) is 77.6 Å². The molecule has 19 heavy (non-hydrogen) atoms. The largest absolute Gasteiger partial charge is 0.458 e. The minimum atomic E-state index is -0.460. The van der Waals surface area contributed by atoms with Gasteiger partial charge in [0.2, 0.25) is 0 Å². The molecule has 0 radical (unpaired) electrons. The highest BCUT2D eigenvalue weighted by atomic mass is 19.1. The summed E-state index contributed by atoms with van der Waals surface area (Å²) in [6.07, 6.45) is 3.63. The van der Waals surface area contributed by atoms with E-state index in [2.05, 4.69) is 0 Å². The van der Waals surface area contributed by atoms with Gasteiger partial charge in [-0.25, -0.2) is 9.18 Å². The standard InChI is InChI=1S/C16H13FO2/c17-15-10-8-14(9-11-15)16(18)19-12-4-7-13-5-2-1-3-6-13/h1-11H,12H2. The molecule has 0 N–H and O–H groups in total. The SMILES string of the molecule is O=C(OCC=Cc1ccccc1)c1ccc(F)cc1. The molecule has 96 valence electrons. The van der Waals surface area contributed by atoms with Gasteiger partial charge in [0, 0.05) is 0 Å². The number of carbonyl (C=O) groups excluding carboxylic acids is 1. The van der Waals surface area contributed by atoms with E-state index in [1.807, 2.05) is 36.4 Å². The molecule has 3 heteroatoms. The molecular weight excluding hydrogens is 243 g/mol. The van der Waals surface area contributed by atoms with Gasteiger partial charge in [0.05, 0.1) is 5.56 Å². The van der Waals surface area contributed by atoms with E-state index in [0.717, 1.165) is 5.56 Å². The molecule has 0 fully saturated rings. The van der Waals surface area contributed by atoms with E-state index >= 15 is 0 Å². The maximum atomic E-state index is 12.7. The first-order chi connectivity index (χ1) is 9.25.